The molecule has 0 radical (unpaired) electrons. The standard InChI is InChI=1S/C13H12N4O5/c1-15-11(14)9(12(19)16(2)13(15)20)10(18)7-5-3-4-6-8(7)17(21)22/h3-6H,14H2,1-2H3. The monoisotopic (exact) mass is 304 g/mol. The summed E-state index contributed by atoms with van der Waals surface area (Å²) in [7, 11) is 2.49. The lowest BCUT2D eigenvalue weighted by atomic mass is 10.0. The fourth-order valence-electron chi connectivity index (χ4n) is 2.03. The first kappa shape index (κ1) is 15.2. The van der Waals surface area contributed by atoms with Crippen molar-refractivity contribution in [3.05, 3.63) is 66.3 Å². The van der Waals surface area contributed by atoms with Gasteiger partial charge in [0.25, 0.3) is 11.2 Å². The van der Waals surface area contributed by atoms with Crippen molar-refractivity contribution in [2.75, 3.05) is 5.73 Å². The molecule has 0 atom stereocenters. The van der Waals surface area contributed by atoms with E-state index in [4.69, 9.17) is 5.73 Å². The molecule has 0 spiro atoms. The summed E-state index contributed by atoms with van der Waals surface area (Å²) >= 11 is 0. The molecule has 9 heteroatoms. The Morgan fingerprint density at radius 1 is 1.18 bits per heavy atom. The van der Waals surface area contributed by atoms with Crippen LogP contribution in [0.25, 0.3) is 0 Å². The average molecular weight is 304 g/mol. The summed E-state index contributed by atoms with van der Waals surface area (Å²) in [5, 5.41) is 11.0. The third-order valence-electron chi connectivity index (χ3n) is 3.28. The Morgan fingerprint density at radius 2 is 1.77 bits per heavy atom. The third kappa shape index (κ3) is 2.18. The summed E-state index contributed by atoms with van der Waals surface area (Å²) in [5.41, 5.74) is 2.90. The number of nitrogens with two attached hydrogens (primary N) is 1. The number of nitrogens with zero attached hydrogens (tertiary/aromatic N) is 3. The lowest BCUT2D eigenvalue weighted by Gasteiger charge is -2.10. The van der Waals surface area contributed by atoms with Crippen LogP contribution in [0.1, 0.15) is 15.9 Å². The van der Waals surface area contributed by atoms with Gasteiger partial charge in [-0.05, 0) is 6.07 Å². The summed E-state index contributed by atoms with van der Waals surface area (Å²) in [5.74, 6) is -1.24. The smallest absolute Gasteiger partial charge is 0.332 e. The molecule has 0 unspecified atom stereocenters. The SMILES string of the molecule is Cn1c(N)c(C(=O)c2ccccc2[N+](=O)[O-])c(=O)n(C)c1=O. The molecule has 2 N–H and O–H groups in total. The zero-order valence-corrected chi connectivity index (χ0v) is 11.8. The minimum atomic E-state index is -0.902. The fourth-order valence-corrected chi connectivity index (χ4v) is 2.03. The fraction of sp³-hybridized carbons (Fsp3) is 0.154. The van der Waals surface area contributed by atoms with E-state index in [-0.39, 0.29) is 11.4 Å². The van der Waals surface area contributed by atoms with Crippen molar-refractivity contribution < 1.29 is 9.72 Å². The van der Waals surface area contributed by atoms with E-state index in [0.29, 0.717) is 0 Å². The number of nitro benzene ring substituents is 1. The second-order valence-corrected chi connectivity index (χ2v) is 4.57. The van der Waals surface area contributed by atoms with Gasteiger partial charge < -0.3 is 5.73 Å². The van der Waals surface area contributed by atoms with Crippen LogP contribution in [0.5, 0.6) is 0 Å². The van der Waals surface area contributed by atoms with Crippen molar-refractivity contribution >= 4 is 17.3 Å². The van der Waals surface area contributed by atoms with Gasteiger partial charge in [0.1, 0.15) is 16.9 Å². The summed E-state index contributed by atoms with van der Waals surface area (Å²) < 4.78 is 1.65. The molecule has 2 rings (SSSR count). The van der Waals surface area contributed by atoms with Crippen LogP contribution in [0.4, 0.5) is 11.5 Å². The predicted octanol–water partition coefficient (Wildman–Crippen LogP) is -0.195. The Labute approximate surface area is 123 Å². The Morgan fingerprint density at radius 3 is 2.36 bits per heavy atom. The molecule has 9 nitrogen and oxygen atoms in total. The van der Waals surface area contributed by atoms with Crippen LogP contribution in [0.15, 0.2) is 33.9 Å². The van der Waals surface area contributed by atoms with E-state index in [1.54, 1.807) is 0 Å². The van der Waals surface area contributed by atoms with E-state index in [0.717, 1.165) is 15.2 Å². The first-order chi connectivity index (χ1) is 10.3. The molecule has 0 aliphatic heterocycles. The highest BCUT2D eigenvalue weighted by molar-refractivity contribution is 6.13. The third-order valence-corrected chi connectivity index (χ3v) is 3.28. The summed E-state index contributed by atoms with van der Waals surface area (Å²) in [4.78, 5) is 46.6. The van der Waals surface area contributed by atoms with E-state index in [2.05, 4.69) is 0 Å². The average Bonchev–Trinajstić information content (AvgIpc) is 2.51. The Balaban J connectivity index is 2.80. The number of anilines is 1. The summed E-state index contributed by atoms with van der Waals surface area (Å²) in [6, 6.07) is 5.21. The number of nitro groups is 1. The molecule has 0 saturated heterocycles. The molecule has 0 aliphatic carbocycles. The van der Waals surface area contributed by atoms with Crippen molar-refractivity contribution in [1.82, 2.24) is 9.13 Å². The molecule has 22 heavy (non-hydrogen) atoms. The van der Waals surface area contributed by atoms with Gasteiger partial charge in [-0.25, -0.2) is 4.79 Å². The van der Waals surface area contributed by atoms with E-state index in [9.17, 15) is 24.5 Å². The van der Waals surface area contributed by atoms with Crippen LogP contribution in [-0.4, -0.2) is 19.8 Å². The Bertz CT molecular complexity index is 910. The van der Waals surface area contributed by atoms with Gasteiger partial charge in [0.2, 0.25) is 5.78 Å². The topological polar surface area (TPSA) is 130 Å². The highest BCUT2D eigenvalue weighted by atomic mass is 16.6. The lowest BCUT2D eigenvalue weighted by Crippen LogP contribution is -2.41. The van der Waals surface area contributed by atoms with Crippen LogP contribution in [0.2, 0.25) is 0 Å². The molecule has 1 aromatic carbocycles. The van der Waals surface area contributed by atoms with Crippen molar-refractivity contribution in [3.8, 4) is 0 Å². The molecular weight excluding hydrogens is 292 g/mol. The molecule has 1 aromatic heterocycles. The van der Waals surface area contributed by atoms with Gasteiger partial charge in [0, 0.05) is 20.2 Å². The first-order valence-electron chi connectivity index (χ1n) is 6.11. The van der Waals surface area contributed by atoms with Gasteiger partial charge in [-0.3, -0.25) is 28.8 Å². The van der Waals surface area contributed by atoms with Gasteiger partial charge in [-0.1, -0.05) is 12.1 Å². The molecule has 114 valence electrons. The van der Waals surface area contributed by atoms with E-state index in [1.165, 1.54) is 32.3 Å². The van der Waals surface area contributed by atoms with Crippen LogP contribution in [-0.2, 0) is 14.1 Å². The van der Waals surface area contributed by atoms with E-state index < -0.39 is 33.2 Å². The van der Waals surface area contributed by atoms with Gasteiger partial charge in [0.05, 0.1) is 4.92 Å². The second-order valence-electron chi connectivity index (χ2n) is 4.57. The summed E-state index contributed by atoms with van der Waals surface area (Å²) in [6.07, 6.45) is 0. The Hall–Kier alpha value is -3.23. The molecule has 2 aromatic rings. The molecule has 0 amide bonds. The maximum absolute atomic E-state index is 12.5. The number of aromatic nitrogens is 2. The minimum Gasteiger partial charge on any atom is -0.384 e. The van der Waals surface area contributed by atoms with Crippen molar-refractivity contribution in [2.45, 2.75) is 0 Å². The number of nitrogen functional groups attached to an aromatic ring is 1. The maximum atomic E-state index is 12.5. The molecule has 0 fully saturated rings. The number of ketones is 1. The Kier molecular flexibility index (Phi) is 3.64. The van der Waals surface area contributed by atoms with Crippen LogP contribution < -0.4 is 17.0 Å². The van der Waals surface area contributed by atoms with Crippen molar-refractivity contribution in [2.24, 2.45) is 14.1 Å². The molecule has 0 aliphatic rings. The number of hydrogen-bond acceptors (Lipinski definition) is 6. The van der Waals surface area contributed by atoms with Gasteiger partial charge in [-0.2, -0.15) is 0 Å². The van der Waals surface area contributed by atoms with Gasteiger partial charge in [-0.15, -0.1) is 0 Å². The minimum absolute atomic E-state index is 0.269. The summed E-state index contributed by atoms with van der Waals surface area (Å²) in [6.45, 7) is 0. The quantitative estimate of drug-likeness (QED) is 0.475. The van der Waals surface area contributed by atoms with Gasteiger partial charge in [0.15, 0.2) is 0 Å². The number of hydrogen-bond donors (Lipinski definition) is 1. The number of carbonyl (C=O) groups excluding carboxylic acids is 1. The highest BCUT2D eigenvalue weighted by Gasteiger charge is 2.26. The number of rotatable bonds is 3. The van der Waals surface area contributed by atoms with Gasteiger partial charge >= 0.3 is 5.69 Å². The molecular formula is C13H12N4O5. The highest BCUT2D eigenvalue weighted by Crippen LogP contribution is 2.21. The number of para-hydroxylation sites is 1. The van der Waals surface area contributed by atoms with E-state index >= 15 is 0 Å². The zero-order valence-electron chi connectivity index (χ0n) is 11.8. The number of benzene rings is 1. The molecule has 0 saturated carbocycles. The van der Waals surface area contributed by atoms with Crippen LogP contribution >= 0.6 is 0 Å². The van der Waals surface area contributed by atoms with Crippen molar-refractivity contribution in [3.63, 3.8) is 0 Å². The number of carbonyl (C=O) groups is 1. The predicted molar refractivity (Wildman–Crippen MR) is 77.9 cm³/mol. The van der Waals surface area contributed by atoms with Crippen LogP contribution in [0.3, 0.4) is 0 Å². The molecule has 0 bridgehead atoms. The largest absolute Gasteiger partial charge is 0.384 e. The van der Waals surface area contributed by atoms with Crippen LogP contribution in [0, 0.1) is 10.1 Å². The van der Waals surface area contributed by atoms with E-state index in [1.807, 2.05) is 0 Å². The van der Waals surface area contributed by atoms with Crippen molar-refractivity contribution in [1.29, 1.82) is 0 Å². The first-order valence-corrected chi connectivity index (χ1v) is 6.11. The maximum Gasteiger partial charge on any atom is 0.332 e. The lowest BCUT2D eigenvalue weighted by molar-refractivity contribution is -0.385. The second kappa shape index (κ2) is 5.28. The zero-order chi connectivity index (χ0) is 16.6. The normalized spacial score (nSPS) is 10.5. The molecule has 1 heterocycles.